The predicted molar refractivity (Wildman–Crippen MR) is 95.3 cm³/mol. The molecule has 26 heavy (non-hydrogen) atoms. The molecule has 0 radical (unpaired) electrons. The lowest BCUT2D eigenvalue weighted by Crippen LogP contribution is -2.36. The molecule has 0 aliphatic carbocycles. The molecule has 3 aromatic rings. The van der Waals surface area contributed by atoms with E-state index in [1.165, 1.54) is 6.20 Å². The van der Waals surface area contributed by atoms with Crippen LogP contribution in [0.1, 0.15) is 21.5 Å². The number of fused-ring (bicyclic) bond motifs is 1. The van der Waals surface area contributed by atoms with Crippen LogP contribution in [0.25, 0.3) is 11.6 Å². The summed E-state index contributed by atoms with van der Waals surface area (Å²) in [5, 5.41) is 2.36. The lowest BCUT2D eigenvalue weighted by Gasteiger charge is -2.18. The Kier molecular flexibility index (Phi) is 3.99. The van der Waals surface area contributed by atoms with Crippen molar-refractivity contribution in [2.24, 2.45) is 0 Å². The van der Waals surface area contributed by atoms with Gasteiger partial charge in [0.25, 0.3) is 11.8 Å². The van der Waals surface area contributed by atoms with Crippen LogP contribution in [0.15, 0.2) is 67.1 Å². The van der Waals surface area contributed by atoms with Crippen LogP contribution in [0.5, 0.6) is 11.6 Å². The first-order chi connectivity index (χ1) is 12.7. The normalized spacial score (nSPS) is 14.7. The highest BCUT2D eigenvalue weighted by Gasteiger charge is 2.26. The van der Waals surface area contributed by atoms with Crippen molar-refractivity contribution in [3.8, 4) is 11.6 Å². The third-order valence-electron chi connectivity index (χ3n) is 3.89. The molecule has 6 heteroatoms. The molecule has 2 amide bonds. The second-order valence-electron chi connectivity index (χ2n) is 5.60. The molecule has 1 N–H and O–H groups in total. The van der Waals surface area contributed by atoms with Gasteiger partial charge in [-0.25, -0.2) is 4.98 Å². The van der Waals surface area contributed by atoms with Crippen LogP contribution in [-0.4, -0.2) is 21.8 Å². The Morgan fingerprint density at radius 1 is 0.885 bits per heavy atom. The number of hydrogen-bond donors (Lipinski definition) is 1. The third kappa shape index (κ3) is 3.08. The zero-order chi connectivity index (χ0) is 17.9. The molecule has 0 spiro atoms. The molecule has 0 saturated carbocycles. The largest absolute Gasteiger partial charge is 0.438 e. The van der Waals surface area contributed by atoms with Gasteiger partial charge in [-0.05, 0) is 35.4 Å². The van der Waals surface area contributed by atoms with Crippen LogP contribution in [-0.2, 0) is 4.79 Å². The fraction of sp³-hybridized carbons (Fsp3) is 0. The SMILES string of the molecule is O=C1NC(=O)c2ccccc2/C1=C/c1ccc(Oc2cnccn2)cc1. The summed E-state index contributed by atoms with van der Waals surface area (Å²) >= 11 is 0. The van der Waals surface area contributed by atoms with E-state index in [2.05, 4.69) is 15.3 Å². The van der Waals surface area contributed by atoms with Crippen LogP contribution >= 0.6 is 0 Å². The molecule has 1 aromatic heterocycles. The average molecular weight is 343 g/mol. The van der Waals surface area contributed by atoms with Crippen molar-refractivity contribution in [2.45, 2.75) is 0 Å². The van der Waals surface area contributed by atoms with Gasteiger partial charge in [0.15, 0.2) is 0 Å². The quantitative estimate of drug-likeness (QED) is 0.584. The molecule has 1 aliphatic heterocycles. The minimum atomic E-state index is -0.409. The standard InChI is InChI=1S/C20H13N3O3/c24-19-16-4-2-1-3-15(16)17(20(25)23-19)11-13-5-7-14(8-6-13)26-18-12-21-9-10-22-18/h1-12H,(H,23,24,25)/b17-11-. The second kappa shape index (κ2) is 6.60. The number of carbonyl (C=O) groups excluding carboxylic acids is 2. The Hall–Kier alpha value is -3.80. The summed E-state index contributed by atoms with van der Waals surface area (Å²) in [4.78, 5) is 32.2. The number of hydrogen-bond acceptors (Lipinski definition) is 5. The van der Waals surface area contributed by atoms with E-state index in [0.717, 1.165) is 5.56 Å². The molecule has 0 atom stereocenters. The van der Waals surface area contributed by atoms with Crippen LogP contribution < -0.4 is 10.1 Å². The molecule has 2 aromatic carbocycles. The van der Waals surface area contributed by atoms with Crippen molar-refractivity contribution in [1.29, 1.82) is 0 Å². The van der Waals surface area contributed by atoms with Crippen LogP contribution in [0, 0.1) is 0 Å². The van der Waals surface area contributed by atoms with E-state index < -0.39 is 5.91 Å². The summed E-state index contributed by atoms with van der Waals surface area (Å²) in [6, 6.07) is 14.2. The van der Waals surface area contributed by atoms with Gasteiger partial charge in [-0.3, -0.25) is 19.9 Å². The maximum atomic E-state index is 12.2. The summed E-state index contributed by atoms with van der Waals surface area (Å²) in [6.45, 7) is 0. The van der Waals surface area contributed by atoms with Gasteiger partial charge in [0, 0.05) is 23.5 Å². The topological polar surface area (TPSA) is 81.2 Å². The molecule has 1 aliphatic rings. The smallest absolute Gasteiger partial charge is 0.258 e. The monoisotopic (exact) mass is 343 g/mol. The van der Waals surface area contributed by atoms with Crippen molar-refractivity contribution in [3.63, 3.8) is 0 Å². The van der Waals surface area contributed by atoms with Crippen LogP contribution in [0.4, 0.5) is 0 Å². The first kappa shape index (κ1) is 15.7. The number of rotatable bonds is 3. The van der Waals surface area contributed by atoms with E-state index in [0.29, 0.717) is 28.3 Å². The lowest BCUT2D eigenvalue weighted by molar-refractivity contribution is -0.114. The maximum absolute atomic E-state index is 12.2. The number of ether oxygens (including phenoxy) is 1. The van der Waals surface area contributed by atoms with Gasteiger partial charge in [0.1, 0.15) is 5.75 Å². The summed E-state index contributed by atoms with van der Waals surface area (Å²) in [5.41, 5.74) is 2.37. The number of imide groups is 1. The van der Waals surface area contributed by atoms with E-state index in [1.54, 1.807) is 54.9 Å². The Balaban J connectivity index is 1.63. The number of aromatic nitrogens is 2. The lowest BCUT2D eigenvalue weighted by atomic mass is 9.93. The van der Waals surface area contributed by atoms with Crippen molar-refractivity contribution < 1.29 is 14.3 Å². The first-order valence-electron chi connectivity index (χ1n) is 7.91. The van der Waals surface area contributed by atoms with Crippen molar-refractivity contribution >= 4 is 23.5 Å². The van der Waals surface area contributed by atoms with Crippen LogP contribution in [0.2, 0.25) is 0 Å². The van der Waals surface area contributed by atoms with Crippen molar-refractivity contribution in [1.82, 2.24) is 15.3 Å². The van der Waals surface area contributed by atoms with Gasteiger partial charge in [-0.2, -0.15) is 0 Å². The Bertz CT molecular complexity index is 1010. The Morgan fingerprint density at radius 2 is 1.65 bits per heavy atom. The summed E-state index contributed by atoms with van der Waals surface area (Å²) in [6.07, 6.45) is 6.39. The zero-order valence-electron chi connectivity index (χ0n) is 13.5. The highest BCUT2D eigenvalue weighted by Crippen LogP contribution is 2.27. The summed E-state index contributed by atoms with van der Waals surface area (Å²) in [7, 11) is 0. The number of nitrogens with one attached hydrogen (secondary N) is 1. The van der Waals surface area contributed by atoms with Gasteiger partial charge < -0.3 is 4.74 Å². The molecular formula is C20H13N3O3. The predicted octanol–water partition coefficient (Wildman–Crippen LogP) is 3.08. The third-order valence-corrected chi connectivity index (χ3v) is 3.89. The van der Waals surface area contributed by atoms with Gasteiger partial charge in [0.2, 0.25) is 5.88 Å². The number of benzene rings is 2. The number of carbonyl (C=O) groups is 2. The minimum absolute atomic E-state index is 0.379. The molecule has 0 saturated heterocycles. The fourth-order valence-electron chi connectivity index (χ4n) is 2.68. The molecule has 2 heterocycles. The van der Waals surface area contributed by atoms with Crippen molar-refractivity contribution in [3.05, 3.63) is 83.8 Å². The van der Waals surface area contributed by atoms with Crippen molar-refractivity contribution in [2.75, 3.05) is 0 Å². The van der Waals surface area contributed by atoms with Gasteiger partial charge in [-0.1, -0.05) is 30.3 Å². The molecule has 0 bridgehead atoms. The maximum Gasteiger partial charge on any atom is 0.258 e. The average Bonchev–Trinajstić information content (AvgIpc) is 2.67. The summed E-state index contributed by atoms with van der Waals surface area (Å²) in [5.74, 6) is 0.220. The zero-order valence-corrected chi connectivity index (χ0v) is 13.5. The second-order valence-corrected chi connectivity index (χ2v) is 5.60. The summed E-state index contributed by atoms with van der Waals surface area (Å²) < 4.78 is 5.60. The number of amides is 2. The van der Waals surface area contributed by atoms with E-state index in [9.17, 15) is 9.59 Å². The van der Waals surface area contributed by atoms with Gasteiger partial charge in [-0.15, -0.1) is 0 Å². The molecule has 6 nitrogen and oxygen atoms in total. The van der Waals surface area contributed by atoms with E-state index >= 15 is 0 Å². The first-order valence-corrected chi connectivity index (χ1v) is 7.91. The molecule has 126 valence electrons. The minimum Gasteiger partial charge on any atom is -0.438 e. The van der Waals surface area contributed by atoms with Gasteiger partial charge >= 0.3 is 0 Å². The Morgan fingerprint density at radius 3 is 2.38 bits per heavy atom. The van der Waals surface area contributed by atoms with E-state index in [-0.39, 0.29) is 5.91 Å². The highest BCUT2D eigenvalue weighted by atomic mass is 16.5. The molecular weight excluding hydrogens is 330 g/mol. The van der Waals surface area contributed by atoms with Crippen LogP contribution in [0.3, 0.4) is 0 Å². The fourth-order valence-corrected chi connectivity index (χ4v) is 2.68. The Labute approximate surface area is 149 Å². The van der Waals surface area contributed by atoms with Gasteiger partial charge in [0.05, 0.1) is 6.20 Å². The van der Waals surface area contributed by atoms with E-state index in [4.69, 9.17) is 4.74 Å². The van der Waals surface area contributed by atoms with E-state index in [1.807, 2.05) is 12.1 Å². The molecule has 0 fully saturated rings. The molecule has 0 unspecified atom stereocenters. The molecule has 4 rings (SSSR count). The highest BCUT2D eigenvalue weighted by molar-refractivity contribution is 6.33. The number of nitrogens with zero attached hydrogens (tertiary/aromatic N) is 2.